The minimum absolute atomic E-state index is 0.414. The first-order valence-corrected chi connectivity index (χ1v) is 5.38. The van der Waals surface area contributed by atoms with Crippen molar-refractivity contribution < 1.29 is 9.90 Å². The van der Waals surface area contributed by atoms with E-state index >= 15 is 0 Å². The molecule has 0 atom stereocenters. The molecule has 0 unspecified atom stereocenters. The van der Waals surface area contributed by atoms with Crippen LogP contribution >= 0.6 is 11.3 Å². The van der Waals surface area contributed by atoms with E-state index in [9.17, 15) is 9.59 Å². The molecule has 0 aromatic carbocycles. The summed E-state index contributed by atoms with van der Waals surface area (Å²) in [6, 6.07) is 6.65. The van der Waals surface area contributed by atoms with Crippen LogP contribution in [0, 0.1) is 0 Å². The van der Waals surface area contributed by atoms with Crippen LogP contribution in [0.25, 0.3) is 10.6 Å². The van der Waals surface area contributed by atoms with Crippen LogP contribution in [0.4, 0.5) is 0 Å². The van der Waals surface area contributed by atoms with E-state index < -0.39 is 18.1 Å². The third kappa shape index (κ3) is 2.17. The molecule has 0 amide bonds. The summed E-state index contributed by atoms with van der Waals surface area (Å²) in [4.78, 5) is 22.7. The fourth-order valence-corrected chi connectivity index (χ4v) is 1.94. The highest BCUT2D eigenvalue weighted by Gasteiger charge is 2.06. The predicted octanol–water partition coefficient (Wildman–Crippen LogP) is 1.06. The van der Waals surface area contributed by atoms with Crippen LogP contribution in [0.15, 0.2) is 34.4 Å². The van der Waals surface area contributed by atoms with E-state index in [0.717, 1.165) is 9.56 Å². The lowest BCUT2D eigenvalue weighted by atomic mass is 10.3. The highest BCUT2D eigenvalue weighted by molar-refractivity contribution is 7.13. The summed E-state index contributed by atoms with van der Waals surface area (Å²) in [5.74, 6) is -1.09. The summed E-state index contributed by atoms with van der Waals surface area (Å²) < 4.78 is 0.942. The van der Waals surface area contributed by atoms with Gasteiger partial charge in [-0.3, -0.25) is 9.59 Å². The van der Waals surface area contributed by atoms with Gasteiger partial charge in [-0.1, -0.05) is 6.07 Å². The quantitative estimate of drug-likeness (QED) is 0.864. The maximum absolute atomic E-state index is 11.3. The van der Waals surface area contributed by atoms with Crippen LogP contribution < -0.4 is 5.56 Å². The second kappa shape index (κ2) is 4.28. The van der Waals surface area contributed by atoms with Crippen molar-refractivity contribution in [3.63, 3.8) is 0 Å². The maximum Gasteiger partial charge on any atom is 0.325 e. The van der Waals surface area contributed by atoms with Crippen LogP contribution in [-0.4, -0.2) is 20.9 Å². The highest BCUT2D eigenvalue weighted by atomic mass is 32.1. The summed E-state index contributed by atoms with van der Waals surface area (Å²) in [5.41, 5.74) is 0.193. The SMILES string of the molecule is O=C(O)Cn1nc(-c2cccs2)ccc1=O. The van der Waals surface area contributed by atoms with Gasteiger partial charge in [0, 0.05) is 6.07 Å². The maximum atomic E-state index is 11.3. The van der Waals surface area contributed by atoms with Crippen LogP contribution in [0.1, 0.15) is 0 Å². The van der Waals surface area contributed by atoms with Crippen molar-refractivity contribution in [2.45, 2.75) is 6.54 Å². The summed E-state index contributed by atoms with van der Waals surface area (Å²) in [6.45, 7) is -0.419. The number of hydrogen-bond acceptors (Lipinski definition) is 4. The molecule has 0 aliphatic carbocycles. The van der Waals surface area contributed by atoms with Gasteiger partial charge in [-0.05, 0) is 17.5 Å². The summed E-state index contributed by atoms with van der Waals surface area (Å²) >= 11 is 1.48. The number of aromatic nitrogens is 2. The van der Waals surface area contributed by atoms with Gasteiger partial charge < -0.3 is 5.11 Å². The Morgan fingerprint density at radius 1 is 1.44 bits per heavy atom. The minimum atomic E-state index is -1.09. The Balaban J connectivity index is 2.43. The molecule has 6 heteroatoms. The zero-order valence-corrected chi connectivity index (χ0v) is 8.98. The molecule has 16 heavy (non-hydrogen) atoms. The van der Waals surface area contributed by atoms with Crippen LogP contribution in [0.2, 0.25) is 0 Å². The van der Waals surface area contributed by atoms with Crippen molar-refractivity contribution in [1.82, 2.24) is 9.78 Å². The van der Waals surface area contributed by atoms with Gasteiger partial charge in [0.15, 0.2) is 0 Å². The van der Waals surface area contributed by atoms with E-state index in [1.54, 1.807) is 6.07 Å². The third-order valence-corrected chi connectivity index (χ3v) is 2.82. The average Bonchev–Trinajstić information content (AvgIpc) is 2.73. The lowest BCUT2D eigenvalue weighted by Crippen LogP contribution is -2.25. The summed E-state index contributed by atoms with van der Waals surface area (Å²) in [7, 11) is 0. The fraction of sp³-hybridized carbons (Fsp3) is 0.100. The van der Waals surface area contributed by atoms with Crippen molar-refractivity contribution in [3.05, 3.63) is 40.0 Å². The largest absolute Gasteiger partial charge is 0.480 e. The fourth-order valence-electron chi connectivity index (χ4n) is 1.25. The van der Waals surface area contributed by atoms with E-state index in [1.807, 2.05) is 17.5 Å². The van der Waals surface area contributed by atoms with Crippen LogP contribution in [-0.2, 0) is 11.3 Å². The number of aliphatic carboxylic acids is 1. The number of thiophene rings is 1. The minimum Gasteiger partial charge on any atom is -0.480 e. The lowest BCUT2D eigenvalue weighted by Gasteiger charge is -2.02. The second-order valence-corrected chi connectivity index (χ2v) is 4.03. The van der Waals surface area contributed by atoms with Crippen LogP contribution in [0.3, 0.4) is 0 Å². The molecular formula is C10H8N2O3S. The molecule has 0 spiro atoms. The number of carboxylic acids is 1. The number of hydrogen-bond donors (Lipinski definition) is 1. The standard InChI is InChI=1S/C10H8N2O3S/c13-9-4-3-7(8-2-1-5-16-8)11-12(9)6-10(14)15/h1-5H,6H2,(H,14,15). The summed E-state index contributed by atoms with van der Waals surface area (Å²) in [5, 5.41) is 14.5. The first-order valence-electron chi connectivity index (χ1n) is 4.50. The smallest absolute Gasteiger partial charge is 0.325 e. The van der Waals surface area contributed by atoms with Gasteiger partial charge in [0.1, 0.15) is 12.2 Å². The Kier molecular flexibility index (Phi) is 2.82. The van der Waals surface area contributed by atoms with Gasteiger partial charge in [-0.2, -0.15) is 5.10 Å². The van der Waals surface area contributed by atoms with E-state index in [2.05, 4.69) is 5.10 Å². The lowest BCUT2D eigenvalue weighted by molar-refractivity contribution is -0.138. The average molecular weight is 236 g/mol. The molecule has 0 saturated heterocycles. The molecule has 0 aliphatic rings. The molecule has 2 rings (SSSR count). The first kappa shape index (κ1) is 10.6. The molecule has 1 N–H and O–H groups in total. The zero-order valence-electron chi connectivity index (χ0n) is 8.16. The number of carboxylic acid groups (broad SMARTS) is 1. The number of carbonyl (C=O) groups is 1. The molecule has 0 saturated carbocycles. The molecule has 2 aromatic rings. The Labute approximate surface area is 94.6 Å². The van der Waals surface area contributed by atoms with Gasteiger partial charge in [0.25, 0.3) is 5.56 Å². The van der Waals surface area contributed by atoms with Crippen molar-refractivity contribution in [2.75, 3.05) is 0 Å². The number of nitrogens with zero attached hydrogens (tertiary/aromatic N) is 2. The molecule has 0 aliphatic heterocycles. The molecule has 0 bridgehead atoms. The monoisotopic (exact) mass is 236 g/mol. The second-order valence-electron chi connectivity index (χ2n) is 3.09. The Bertz CT molecular complexity index is 560. The van der Waals surface area contributed by atoms with E-state index in [-0.39, 0.29) is 0 Å². The molecule has 5 nitrogen and oxygen atoms in total. The number of rotatable bonds is 3. The molecule has 0 fully saturated rings. The van der Waals surface area contributed by atoms with Gasteiger partial charge in [0.2, 0.25) is 0 Å². The van der Waals surface area contributed by atoms with E-state index in [4.69, 9.17) is 5.11 Å². The van der Waals surface area contributed by atoms with E-state index in [1.165, 1.54) is 17.4 Å². The van der Waals surface area contributed by atoms with Crippen molar-refractivity contribution in [3.8, 4) is 10.6 Å². The Morgan fingerprint density at radius 3 is 2.88 bits per heavy atom. The molecule has 2 heterocycles. The topological polar surface area (TPSA) is 72.2 Å². The van der Waals surface area contributed by atoms with Crippen LogP contribution in [0.5, 0.6) is 0 Å². The molecule has 0 radical (unpaired) electrons. The van der Waals surface area contributed by atoms with Gasteiger partial charge in [-0.15, -0.1) is 11.3 Å². The Hall–Kier alpha value is -1.95. The third-order valence-electron chi connectivity index (χ3n) is 1.93. The Morgan fingerprint density at radius 2 is 2.25 bits per heavy atom. The molecule has 82 valence electrons. The van der Waals surface area contributed by atoms with Crippen molar-refractivity contribution >= 4 is 17.3 Å². The molecule has 2 aromatic heterocycles. The normalized spacial score (nSPS) is 10.2. The molecular weight excluding hydrogens is 228 g/mol. The van der Waals surface area contributed by atoms with Gasteiger partial charge in [0.05, 0.1) is 4.88 Å². The first-order chi connectivity index (χ1) is 7.66. The van der Waals surface area contributed by atoms with Crippen molar-refractivity contribution in [1.29, 1.82) is 0 Å². The highest BCUT2D eigenvalue weighted by Crippen LogP contribution is 2.20. The predicted molar refractivity (Wildman–Crippen MR) is 59.4 cm³/mol. The van der Waals surface area contributed by atoms with Crippen molar-refractivity contribution in [2.24, 2.45) is 0 Å². The van der Waals surface area contributed by atoms with Gasteiger partial charge >= 0.3 is 5.97 Å². The summed E-state index contributed by atoms with van der Waals surface area (Å²) in [6.07, 6.45) is 0. The van der Waals surface area contributed by atoms with E-state index in [0.29, 0.717) is 5.69 Å². The van der Waals surface area contributed by atoms with Gasteiger partial charge in [-0.25, -0.2) is 4.68 Å². The zero-order chi connectivity index (χ0) is 11.5.